The molecule has 0 fully saturated rings. The van der Waals surface area contributed by atoms with Crippen LogP contribution in [0.25, 0.3) is 10.9 Å². The molecule has 56 valence electrons. The molecular formula is C7H6FN3. The van der Waals surface area contributed by atoms with Crippen LogP contribution < -0.4 is 5.73 Å². The molecule has 0 saturated heterocycles. The van der Waals surface area contributed by atoms with E-state index in [1.54, 1.807) is 18.2 Å². The Hall–Kier alpha value is -1.58. The van der Waals surface area contributed by atoms with Crippen LogP contribution >= 0.6 is 0 Å². The molecule has 0 aliphatic carbocycles. The monoisotopic (exact) mass is 151 g/mol. The fraction of sp³-hybridized carbons (Fsp3) is 0. The smallest absolute Gasteiger partial charge is 0.218 e. The second-order valence-corrected chi connectivity index (χ2v) is 2.28. The number of fused-ring (bicyclic) bond motifs is 1. The van der Waals surface area contributed by atoms with Gasteiger partial charge in [0.05, 0.1) is 10.9 Å². The first-order chi connectivity index (χ1) is 5.29. The lowest BCUT2D eigenvalue weighted by Crippen LogP contribution is -1.85. The summed E-state index contributed by atoms with van der Waals surface area (Å²) in [5, 5.41) is 6.29. The lowest BCUT2D eigenvalue weighted by Gasteiger charge is -1.91. The van der Waals surface area contributed by atoms with Crippen LogP contribution in [0.5, 0.6) is 0 Å². The van der Waals surface area contributed by atoms with Gasteiger partial charge >= 0.3 is 0 Å². The standard InChI is InChI=1S/C7H6FN3/c8-7-6-4(9)2-1-3-5(6)10-11-7/h1-3H,9H2,(H,10,11). The largest absolute Gasteiger partial charge is 0.398 e. The Balaban J connectivity index is 2.96. The van der Waals surface area contributed by atoms with E-state index in [1.165, 1.54) is 0 Å². The number of hydrogen-bond acceptors (Lipinski definition) is 2. The number of nitrogens with two attached hydrogens (primary N) is 1. The van der Waals surface area contributed by atoms with Crippen LogP contribution in [0, 0.1) is 5.95 Å². The molecular weight excluding hydrogens is 145 g/mol. The summed E-state index contributed by atoms with van der Waals surface area (Å²) >= 11 is 0. The maximum atomic E-state index is 12.8. The van der Waals surface area contributed by atoms with Crippen LogP contribution in [0.4, 0.5) is 10.1 Å². The van der Waals surface area contributed by atoms with Crippen molar-refractivity contribution >= 4 is 16.6 Å². The van der Waals surface area contributed by atoms with E-state index in [4.69, 9.17) is 5.73 Å². The molecule has 1 heterocycles. The van der Waals surface area contributed by atoms with E-state index in [0.717, 1.165) is 0 Å². The van der Waals surface area contributed by atoms with Crippen molar-refractivity contribution in [2.45, 2.75) is 0 Å². The molecule has 2 aromatic rings. The van der Waals surface area contributed by atoms with Crippen molar-refractivity contribution in [1.29, 1.82) is 0 Å². The summed E-state index contributed by atoms with van der Waals surface area (Å²) in [4.78, 5) is 0. The zero-order valence-corrected chi connectivity index (χ0v) is 5.63. The fourth-order valence-corrected chi connectivity index (χ4v) is 1.06. The molecule has 2 rings (SSSR count). The SMILES string of the molecule is Nc1cccc2n[nH]c(F)c12. The van der Waals surface area contributed by atoms with E-state index in [9.17, 15) is 4.39 Å². The van der Waals surface area contributed by atoms with Crippen LogP contribution in [0.15, 0.2) is 18.2 Å². The van der Waals surface area contributed by atoms with Crippen LogP contribution in [0.3, 0.4) is 0 Å². The molecule has 0 saturated carbocycles. The van der Waals surface area contributed by atoms with Crippen molar-refractivity contribution in [3.05, 3.63) is 24.1 Å². The van der Waals surface area contributed by atoms with Crippen molar-refractivity contribution in [1.82, 2.24) is 10.2 Å². The molecule has 0 aliphatic rings. The molecule has 0 unspecified atom stereocenters. The van der Waals surface area contributed by atoms with Gasteiger partial charge < -0.3 is 5.73 Å². The zero-order valence-electron chi connectivity index (χ0n) is 5.63. The van der Waals surface area contributed by atoms with Gasteiger partial charge in [-0.15, -0.1) is 0 Å². The maximum Gasteiger partial charge on any atom is 0.218 e. The van der Waals surface area contributed by atoms with Gasteiger partial charge in [0.15, 0.2) is 0 Å². The Morgan fingerprint density at radius 3 is 3.00 bits per heavy atom. The molecule has 1 aromatic heterocycles. The summed E-state index contributed by atoms with van der Waals surface area (Å²) in [6, 6.07) is 5.07. The number of nitrogen functional groups attached to an aromatic ring is 1. The minimum Gasteiger partial charge on any atom is -0.398 e. The van der Waals surface area contributed by atoms with Crippen LogP contribution in [-0.4, -0.2) is 10.2 Å². The molecule has 3 nitrogen and oxygen atoms in total. The van der Waals surface area contributed by atoms with Gasteiger partial charge in [-0.25, -0.2) is 0 Å². The summed E-state index contributed by atoms with van der Waals surface area (Å²) in [5.74, 6) is -0.474. The van der Waals surface area contributed by atoms with Gasteiger partial charge in [-0.2, -0.15) is 9.49 Å². The van der Waals surface area contributed by atoms with Crippen molar-refractivity contribution in [2.24, 2.45) is 0 Å². The van der Waals surface area contributed by atoms with Gasteiger partial charge in [0.2, 0.25) is 5.95 Å². The van der Waals surface area contributed by atoms with E-state index >= 15 is 0 Å². The van der Waals surface area contributed by atoms with Gasteiger partial charge in [0, 0.05) is 5.69 Å². The van der Waals surface area contributed by atoms with Crippen LogP contribution in [0.1, 0.15) is 0 Å². The fourth-order valence-electron chi connectivity index (χ4n) is 1.06. The zero-order chi connectivity index (χ0) is 7.84. The average Bonchev–Trinajstić information content (AvgIpc) is 2.34. The Kier molecular flexibility index (Phi) is 1.09. The van der Waals surface area contributed by atoms with Crippen LogP contribution in [-0.2, 0) is 0 Å². The highest BCUT2D eigenvalue weighted by molar-refractivity contribution is 5.90. The van der Waals surface area contributed by atoms with E-state index < -0.39 is 5.95 Å². The first-order valence-electron chi connectivity index (χ1n) is 3.17. The van der Waals surface area contributed by atoms with Gasteiger partial charge in [-0.3, -0.25) is 5.10 Å². The third kappa shape index (κ3) is 0.756. The number of nitrogens with zero attached hydrogens (tertiary/aromatic N) is 1. The Labute approximate surface area is 62.0 Å². The summed E-state index contributed by atoms with van der Waals surface area (Å²) in [6.45, 7) is 0. The van der Waals surface area contributed by atoms with Gasteiger partial charge in [0.25, 0.3) is 0 Å². The normalized spacial score (nSPS) is 10.6. The number of aromatic nitrogens is 2. The number of hydrogen-bond donors (Lipinski definition) is 2. The van der Waals surface area contributed by atoms with Crippen molar-refractivity contribution < 1.29 is 4.39 Å². The molecule has 0 atom stereocenters. The second-order valence-electron chi connectivity index (χ2n) is 2.28. The molecule has 0 amide bonds. The number of anilines is 1. The van der Waals surface area contributed by atoms with Gasteiger partial charge in [0.1, 0.15) is 0 Å². The molecule has 0 aliphatic heterocycles. The highest BCUT2D eigenvalue weighted by Crippen LogP contribution is 2.20. The van der Waals surface area contributed by atoms with Crippen molar-refractivity contribution in [3.63, 3.8) is 0 Å². The summed E-state index contributed by atoms with van der Waals surface area (Å²) in [6.07, 6.45) is 0. The number of H-pyrrole nitrogens is 1. The summed E-state index contributed by atoms with van der Waals surface area (Å²) in [5.41, 5.74) is 6.47. The topological polar surface area (TPSA) is 54.7 Å². The molecule has 11 heavy (non-hydrogen) atoms. The van der Waals surface area contributed by atoms with Crippen LogP contribution in [0.2, 0.25) is 0 Å². The molecule has 4 heteroatoms. The number of rotatable bonds is 0. The third-order valence-electron chi connectivity index (χ3n) is 1.57. The molecule has 0 radical (unpaired) electrons. The average molecular weight is 151 g/mol. The molecule has 3 N–H and O–H groups in total. The Morgan fingerprint density at radius 2 is 2.27 bits per heavy atom. The number of nitrogens with one attached hydrogen (secondary N) is 1. The lowest BCUT2D eigenvalue weighted by molar-refractivity contribution is 0.588. The van der Waals surface area contributed by atoms with Gasteiger partial charge in [-0.1, -0.05) is 6.07 Å². The number of halogens is 1. The highest BCUT2D eigenvalue weighted by Gasteiger charge is 2.05. The minimum absolute atomic E-state index is 0.368. The molecule has 1 aromatic carbocycles. The van der Waals surface area contributed by atoms with E-state index in [-0.39, 0.29) is 0 Å². The van der Waals surface area contributed by atoms with E-state index in [2.05, 4.69) is 10.2 Å². The summed E-state index contributed by atoms with van der Waals surface area (Å²) in [7, 11) is 0. The number of aromatic amines is 1. The predicted molar refractivity (Wildman–Crippen MR) is 40.5 cm³/mol. The first kappa shape index (κ1) is 6.15. The second kappa shape index (κ2) is 1.95. The predicted octanol–water partition coefficient (Wildman–Crippen LogP) is 1.28. The van der Waals surface area contributed by atoms with Gasteiger partial charge in [-0.05, 0) is 12.1 Å². The number of benzene rings is 1. The van der Waals surface area contributed by atoms with E-state index in [0.29, 0.717) is 16.6 Å². The third-order valence-corrected chi connectivity index (χ3v) is 1.57. The van der Waals surface area contributed by atoms with Crippen molar-refractivity contribution in [2.75, 3.05) is 5.73 Å². The van der Waals surface area contributed by atoms with E-state index in [1.807, 2.05) is 0 Å². The first-order valence-corrected chi connectivity index (χ1v) is 3.17. The lowest BCUT2D eigenvalue weighted by atomic mass is 10.2. The molecule has 0 bridgehead atoms. The Morgan fingerprint density at radius 1 is 1.45 bits per heavy atom. The summed E-state index contributed by atoms with van der Waals surface area (Å²) < 4.78 is 12.8. The molecule has 0 spiro atoms. The quantitative estimate of drug-likeness (QED) is 0.557. The van der Waals surface area contributed by atoms with Crippen molar-refractivity contribution in [3.8, 4) is 0 Å². The highest BCUT2D eigenvalue weighted by atomic mass is 19.1. The Bertz CT molecular complexity index is 393. The maximum absolute atomic E-state index is 12.8. The minimum atomic E-state index is -0.474.